The number of unbranched alkanes of at least 4 members (excludes halogenated alkanes) is 30. The van der Waals surface area contributed by atoms with E-state index in [9.17, 15) is 14.4 Å². The third-order valence-electron chi connectivity index (χ3n) is 14.5. The van der Waals surface area contributed by atoms with Gasteiger partial charge in [-0.1, -0.05) is 309 Å². The molecule has 0 aromatic heterocycles. The summed E-state index contributed by atoms with van der Waals surface area (Å²) in [6.07, 6.45) is 95.3. The lowest BCUT2D eigenvalue weighted by atomic mass is 10.0. The largest absolute Gasteiger partial charge is 0.462 e. The van der Waals surface area contributed by atoms with Crippen molar-refractivity contribution >= 4 is 17.9 Å². The molecule has 0 fully saturated rings. The summed E-state index contributed by atoms with van der Waals surface area (Å²) in [5, 5.41) is 0. The van der Waals surface area contributed by atoms with Crippen LogP contribution in [0.15, 0.2) is 122 Å². The first-order chi connectivity index (χ1) is 40.0. The Labute approximate surface area is 501 Å². The Bertz CT molecular complexity index is 1670. The Balaban J connectivity index is 4.11. The summed E-state index contributed by atoms with van der Waals surface area (Å²) >= 11 is 0. The highest BCUT2D eigenvalue weighted by Crippen LogP contribution is 2.17. The number of hydrogen-bond acceptors (Lipinski definition) is 6. The fraction of sp³-hybridized carbons (Fsp3) is 0.693. The predicted molar refractivity (Wildman–Crippen MR) is 353 cm³/mol. The Morgan fingerprint density at radius 1 is 0.259 bits per heavy atom. The molecule has 81 heavy (non-hydrogen) atoms. The molecule has 462 valence electrons. The zero-order valence-electron chi connectivity index (χ0n) is 53.0. The zero-order valence-corrected chi connectivity index (χ0v) is 53.0. The second-order valence-corrected chi connectivity index (χ2v) is 22.3. The van der Waals surface area contributed by atoms with Crippen LogP contribution in [-0.2, 0) is 28.6 Å². The predicted octanol–water partition coefficient (Wildman–Crippen LogP) is 23.6. The van der Waals surface area contributed by atoms with Gasteiger partial charge in [0.1, 0.15) is 13.2 Å². The summed E-state index contributed by atoms with van der Waals surface area (Å²) in [6, 6.07) is 0. The lowest BCUT2D eigenvalue weighted by Gasteiger charge is -2.18. The van der Waals surface area contributed by atoms with Crippen molar-refractivity contribution in [3.8, 4) is 0 Å². The molecule has 6 heteroatoms. The Morgan fingerprint density at radius 3 is 0.753 bits per heavy atom. The summed E-state index contributed by atoms with van der Waals surface area (Å²) in [5.74, 6) is -0.895. The molecule has 0 rings (SSSR count). The van der Waals surface area contributed by atoms with Crippen molar-refractivity contribution < 1.29 is 28.6 Å². The third-order valence-corrected chi connectivity index (χ3v) is 14.5. The first-order valence-corrected chi connectivity index (χ1v) is 34.0. The SMILES string of the molecule is CC/C=C\C/C=C\C/C=C\C/C=C\C/C=C\C/C=C\CCCCCCCCC(=O)OC(COC(=O)CCCCCCCCC)COC(=O)CCCCCCCCCCCCCCCCCCCC/C=C\C/C=C\C/C=C\C/C=C\CC. The third kappa shape index (κ3) is 66.5. The van der Waals surface area contributed by atoms with Gasteiger partial charge >= 0.3 is 17.9 Å². The Hall–Kier alpha value is -4.19. The van der Waals surface area contributed by atoms with Crippen molar-refractivity contribution in [1.29, 1.82) is 0 Å². The molecule has 6 nitrogen and oxygen atoms in total. The van der Waals surface area contributed by atoms with Crippen LogP contribution >= 0.6 is 0 Å². The highest BCUT2D eigenvalue weighted by molar-refractivity contribution is 5.71. The van der Waals surface area contributed by atoms with E-state index in [2.05, 4.69) is 142 Å². The molecule has 0 bridgehead atoms. The van der Waals surface area contributed by atoms with E-state index in [1.807, 2.05) is 0 Å². The number of carbonyl (C=O) groups excluding carboxylic acids is 3. The van der Waals surface area contributed by atoms with Crippen LogP contribution in [0.25, 0.3) is 0 Å². The van der Waals surface area contributed by atoms with Crippen LogP contribution in [0.1, 0.15) is 316 Å². The van der Waals surface area contributed by atoms with Gasteiger partial charge in [-0.15, -0.1) is 0 Å². The summed E-state index contributed by atoms with van der Waals surface area (Å²) in [4.78, 5) is 38.2. The van der Waals surface area contributed by atoms with E-state index in [0.29, 0.717) is 19.3 Å². The van der Waals surface area contributed by atoms with Gasteiger partial charge in [-0.25, -0.2) is 0 Å². The second kappa shape index (κ2) is 68.3. The molecule has 0 aliphatic rings. The molecule has 1 unspecified atom stereocenters. The quantitative estimate of drug-likeness (QED) is 0.0261. The van der Waals surface area contributed by atoms with E-state index in [1.165, 1.54) is 141 Å². The first-order valence-electron chi connectivity index (χ1n) is 34.0. The van der Waals surface area contributed by atoms with Crippen LogP contribution in [-0.4, -0.2) is 37.2 Å². The standard InChI is InChI=1S/C75H126O6/c1-4-7-10-13-16-18-20-22-24-26-28-30-32-34-35-36-37-38-39-41-42-44-46-48-50-52-54-56-59-62-65-68-74(77)80-71-72(70-79-73(76)67-64-61-58-15-12-9-6-3)81-75(78)69-66-63-60-57-55-53-51-49-47-45-43-40-33-31-29-27-25-23-21-19-17-14-11-8-5-2/h7-8,10-11,16-19,22-25,28-31,40,43,47,49,72H,4-6,9,12-15,20-21,26-27,32-39,41-42,44-46,48,50-71H2,1-3H3/b10-7-,11-8-,18-16-,19-17-,24-22-,25-23-,30-28-,31-29-,43-40-,49-47-. The molecule has 0 aromatic rings. The lowest BCUT2D eigenvalue weighted by molar-refractivity contribution is -0.167. The second-order valence-electron chi connectivity index (χ2n) is 22.3. The Kier molecular flexibility index (Phi) is 64.8. The number of carbonyl (C=O) groups is 3. The molecule has 0 saturated heterocycles. The summed E-state index contributed by atoms with van der Waals surface area (Å²) in [7, 11) is 0. The molecule has 0 spiro atoms. The van der Waals surface area contributed by atoms with Gasteiger partial charge in [-0.05, 0) is 109 Å². The lowest BCUT2D eigenvalue weighted by Crippen LogP contribution is -2.30. The van der Waals surface area contributed by atoms with Gasteiger partial charge in [0.15, 0.2) is 6.10 Å². The van der Waals surface area contributed by atoms with Crippen LogP contribution in [0.5, 0.6) is 0 Å². The van der Waals surface area contributed by atoms with E-state index in [4.69, 9.17) is 14.2 Å². The Morgan fingerprint density at radius 2 is 0.481 bits per heavy atom. The van der Waals surface area contributed by atoms with E-state index in [-0.39, 0.29) is 31.1 Å². The first kappa shape index (κ1) is 76.8. The minimum Gasteiger partial charge on any atom is -0.462 e. The van der Waals surface area contributed by atoms with Crippen molar-refractivity contribution in [2.75, 3.05) is 13.2 Å². The highest BCUT2D eigenvalue weighted by Gasteiger charge is 2.19. The van der Waals surface area contributed by atoms with Crippen LogP contribution in [0.4, 0.5) is 0 Å². The van der Waals surface area contributed by atoms with Crippen molar-refractivity contribution in [2.45, 2.75) is 322 Å². The maximum Gasteiger partial charge on any atom is 0.306 e. The average molecular weight is 1120 g/mol. The molecule has 1 atom stereocenters. The number of allylic oxidation sites excluding steroid dienone is 20. The number of hydrogen-bond donors (Lipinski definition) is 0. The number of ether oxygens (including phenoxy) is 3. The van der Waals surface area contributed by atoms with Crippen LogP contribution < -0.4 is 0 Å². The van der Waals surface area contributed by atoms with Gasteiger partial charge in [0.2, 0.25) is 0 Å². The van der Waals surface area contributed by atoms with Crippen molar-refractivity contribution in [3.63, 3.8) is 0 Å². The normalized spacial score (nSPS) is 12.9. The van der Waals surface area contributed by atoms with Crippen LogP contribution in [0, 0.1) is 0 Å². The summed E-state index contributed by atoms with van der Waals surface area (Å²) in [5.41, 5.74) is 0. The van der Waals surface area contributed by atoms with Crippen molar-refractivity contribution in [1.82, 2.24) is 0 Å². The molecule has 0 aliphatic heterocycles. The van der Waals surface area contributed by atoms with Crippen molar-refractivity contribution in [3.05, 3.63) is 122 Å². The van der Waals surface area contributed by atoms with Gasteiger partial charge in [0.05, 0.1) is 0 Å². The summed E-state index contributed by atoms with van der Waals surface area (Å²) < 4.78 is 16.9. The van der Waals surface area contributed by atoms with Gasteiger partial charge in [0.25, 0.3) is 0 Å². The minimum atomic E-state index is -0.785. The fourth-order valence-electron chi connectivity index (χ4n) is 9.44. The number of rotatable bonds is 61. The van der Waals surface area contributed by atoms with E-state index < -0.39 is 6.10 Å². The molecular weight excluding hydrogens is 997 g/mol. The van der Waals surface area contributed by atoms with Gasteiger partial charge in [-0.3, -0.25) is 14.4 Å². The van der Waals surface area contributed by atoms with Gasteiger partial charge in [0, 0.05) is 19.3 Å². The van der Waals surface area contributed by atoms with Crippen LogP contribution in [0.3, 0.4) is 0 Å². The molecule has 0 N–H and O–H groups in total. The highest BCUT2D eigenvalue weighted by atomic mass is 16.6. The topological polar surface area (TPSA) is 78.9 Å². The molecule has 0 radical (unpaired) electrons. The monoisotopic (exact) mass is 1120 g/mol. The smallest absolute Gasteiger partial charge is 0.306 e. The maximum absolute atomic E-state index is 12.9. The van der Waals surface area contributed by atoms with Gasteiger partial charge < -0.3 is 14.2 Å². The summed E-state index contributed by atoms with van der Waals surface area (Å²) in [6.45, 7) is 6.38. The van der Waals surface area contributed by atoms with Gasteiger partial charge in [-0.2, -0.15) is 0 Å². The fourth-order valence-corrected chi connectivity index (χ4v) is 9.44. The van der Waals surface area contributed by atoms with E-state index in [1.54, 1.807) is 0 Å². The van der Waals surface area contributed by atoms with Crippen molar-refractivity contribution in [2.24, 2.45) is 0 Å². The van der Waals surface area contributed by atoms with E-state index >= 15 is 0 Å². The number of esters is 3. The molecule has 0 heterocycles. The maximum atomic E-state index is 12.9. The average Bonchev–Trinajstić information content (AvgIpc) is 3.46. The zero-order chi connectivity index (χ0) is 58.5. The molecule has 0 amide bonds. The molecule has 0 aromatic carbocycles. The minimum absolute atomic E-state index is 0.0827. The molecule has 0 aliphatic carbocycles. The van der Waals surface area contributed by atoms with E-state index in [0.717, 1.165) is 135 Å². The van der Waals surface area contributed by atoms with Crippen LogP contribution in [0.2, 0.25) is 0 Å². The molecule has 0 saturated carbocycles. The molecular formula is C75H126O6.